The predicted molar refractivity (Wildman–Crippen MR) is 76.5 cm³/mol. The molecule has 2 N–H and O–H groups in total. The Morgan fingerprint density at radius 3 is 2.50 bits per heavy atom. The van der Waals surface area contributed by atoms with Gasteiger partial charge in [-0.05, 0) is 64.0 Å². The second-order valence-corrected chi connectivity index (χ2v) is 6.17. The first-order valence-electron chi connectivity index (χ1n) is 7.58. The second-order valence-electron chi connectivity index (χ2n) is 6.17. The molecule has 1 saturated heterocycles. The fraction of sp³-hybridized carbons (Fsp3) is 0.933. The van der Waals surface area contributed by atoms with E-state index in [1.807, 2.05) is 0 Å². The summed E-state index contributed by atoms with van der Waals surface area (Å²) in [6, 6.07) is 0.327. The van der Waals surface area contributed by atoms with E-state index >= 15 is 0 Å². The molecule has 1 aliphatic heterocycles. The summed E-state index contributed by atoms with van der Waals surface area (Å²) in [5.74, 6) is 1.71. The van der Waals surface area contributed by atoms with E-state index in [0.717, 1.165) is 37.8 Å². The van der Waals surface area contributed by atoms with Gasteiger partial charge in [-0.2, -0.15) is 0 Å². The number of hydrogen-bond donors (Lipinski definition) is 2. The standard InChI is InChI=1S/C15H30N2O/c1-12(2)4-5-13(3)17-15(18)7-6-14-8-10-16-11-9-14/h12-14,16H,4-11H2,1-3H3,(H,17,18). The van der Waals surface area contributed by atoms with Crippen molar-refractivity contribution in [3.8, 4) is 0 Å². The van der Waals surface area contributed by atoms with Gasteiger partial charge in [-0.25, -0.2) is 0 Å². The smallest absolute Gasteiger partial charge is 0.220 e. The number of amides is 1. The lowest BCUT2D eigenvalue weighted by atomic mass is 9.93. The van der Waals surface area contributed by atoms with Crippen molar-refractivity contribution < 1.29 is 4.79 Å². The lowest BCUT2D eigenvalue weighted by Gasteiger charge is -2.22. The van der Waals surface area contributed by atoms with Crippen LogP contribution in [-0.2, 0) is 4.79 Å². The van der Waals surface area contributed by atoms with Crippen LogP contribution in [0.3, 0.4) is 0 Å². The number of carbonyl (C=O) groups excluding carboxylic acids is 1. The minimum absolute atomic E-state index is 0.241. The first-order valence-corrected chi connectivity index (χ1v) is 7.58. The summed E-state index contributed by atoms with van der Waals surface area (Å²) in [5.41, 5.74) is 0. The SMILES string of the molecule is CC(C)CCC(C)NC(=O)CCC1CCNCC1. The molecule has 1 atom stereocenters. The van der Waals surface area contributed by atoms with Crippen LogP contribution in [0.5, 0.6) is 0 Å². The average Bonchev–Trinajstić information content (AvgIpc) is 2.35. The van der Waals surface area contributed by atoms with E-state index in [9.17, 15) is 4.79 Å². The first kappa shape index (κ1) is 15.5. The molecule has 18 heavy (non-hydrogen) atoms. The maximum atomic E-state index is 11.8. The molecule has 1 fully saturated rings. The highest BCUT2D eigenvalue weighted by Crippen LogP contribution is 2.17. The van der Waals surface area contributed by atoms with Gasteiger partial charge in [-0.3, -0.25) is 4.79 Å². The Kier molecular flexibility index (Phi) is 7.33. The molecule has 0 aromatic carbocycles. The first-order chi connectivity index (χ1) is 8.58. The molecule has 1 aliphatic rings. The number of hydrogen-bond acceptors (Lipinski definition) is 2. The van der Waals surface area contributed by atoms with Gasteiger partial charge in [0.25, 0.3) is 0 Å². The molecule has 0 aromatic rings. The van der Waals surface area contributed by atoms with E-state index < -0.39 is 0 Å². The summed E-state index contributed by atoms with van der Waals surface area (Å²) in [6.45, 7) is 8.82. The highest BCUT2D eigenvalue weighted by molar-refractivity contribution is 5.76. The number of nitrogens with one attached hydrogen (secondary N) is 2. The minimum atomic E-state index is 0.241. The van der Waals surface area contributed by atoms with Gasteiger partial charge in [-0.15, -0.1) is 0 Å². The molecule has 0 aromatic heterocycles. The zero-order valence-electron chi connectivity index (χ0n) is 12.3. The van der Waals surface area contributed by atoms with Gasteiger partial charge in [0.15, 0.2) is 0 Å². The van der Waals surface area contributed by atoms with Crippen LogP contribution in [-0.4, -0.2) is 25.0 Å². The molecule has 1 amide bonds. The quantitative estimate of drug-likeness (QED) is 0.733. The highest BCUT2D eigenvalue weighted by Gasteiger charge is 2.15. The lowest BCUT2D eigenvalue weighted by Crippen LogP contribution is -2.33. The Bertz CT molecular complexity index is 235. The van der Waals surface area contributed by atoms with E-state index in [1.54, 1.807) is 0 Å². The normalized spacial score (nSPS) is 18.9. The van der Waals surface area contributed by atoms with Gasteiger partial charge in [-0.1, -0.05) is 13.8 Å². The van der Waals surface area contributed by atoms with Gasteiger partial charge in [0.05, 0.1) is 0 Å². The van der Waals surface area contributed by atoms with Gasteiger partial charge < -0.3 is 10.6 Å². The Balaban J connectivity index is 2.08. The summed E-state index contributed by atoms with van der Waals surface area (Å²) in [6.07, 6.45) is 6.51. The van der Waals surface area contributed by atoms with Crippen molar-refractivity contribution in [1.82, 2.24) is 10.6 Å². The number of carbonyl (C=O) groups is 1. The third-order valence-corrected chi connectivity index (χ3v) is 3.82. The third kappa shape index (κ3) is 7.00. The molecule has 1 unspecified atom stereocenters. The van der Waals surface area contributed by atoms with Crippen LogP contribution in [0, 0.1) is 11.8 Å². The molecule has 3 heteroatoms. The Morgan fingerprint density at radius 1 is 1.22 bits per heavy atom. The molecular formula is C15H30N2O. The van der Waals surface area contributed by atoms with Gasteiger partial charge >= 0.3 is 0 Å². The van der Waals surface area contributed by atoms with Crippen LogP contribution >= 0.6 is 0 Å². The number of piperidine rings is 1. The largest absolute Gasteiger partial charge is 0.354 e. The Hall–Kier alpha value is -0.570. The summed E-state index contributed by atoms with van der Waals surface area (Å²) in [7, 11) is 0. The van der Waals surface area contributed by atoms with Crippen LogP contribution in [0.1, 0.15) is 59.3 Å². The van der Waals surface area contributed by atoms with Crippen molar-refractivity contribution >= 4 is 5.91 Å². The van der Waals surface area contributed by atoms with Crippen LogP contribution in [0.2, 0.25) is 0 Å². The molecule has 0 saturated carbocycles. The third-order valence-electron chi connectivity index (χ3n) is 3.82. The summed E-state index contributed by atoms with van der Waals surface area (Å²) >= 11 is 0. The molecule has 3 nitrogen and oxygen atoms in total. The maximum absolute atomic E-state index is 11.8. The summed E-state index contributed by atoms with van der Waals surface area (Å²) in [5, 5.41) is 6.48. The van der Waals surface area contributed by atoms with E-state index in [2.05, 4.69) is 31.4 Å². The van der Waals surface area contributed by atoms with Crippen LogP contribution in [0.4, 0.5) is 0 Å². The fourth-order valence-corrected chi connectivity index (χ4v) is 2.51. The molecular weight excluding hydrogens is 224 g/mol. The van der Waals surface area contributed by atoms with Gasteiger partial charge in [0.2, 0.25) is 5.91 Å². The molecule has 0 spiro atoms. The molecule has 0 bridgehead atoms. The topological polar surface area (TPSA) is 41.1 Å². The molecule has 1 rings (SSSR count). The van der Waals surface area contributed by atoms with E-state index in [4.69, 9.17) is 0 Å². The summed E-state index contributed by atoms with van der Waals surface area (Å²) < 4.78 is 0. The average molecular weight is 254 g/mol. The molecule has 106 valence electrons. The van der Waals surface area contributed by atoms with E-state index in [0.29, 0.717) is 12.5 Å². The van der Waals surface area contributed by atoms with Crippen molar-refractivity contribution in [1.29, 1.82) is 0 Å². The lowest BCUT2D eigenvalue weighted by molar-refractivity contribution is -0.122. The van der Waals surface area contributed by atoms with Gasteiger partial charge in [0, 0.05) is 12.5 Å². The van der Waals surface area contributed by atoms with Gasteiger partial charge in [0.1, 0.15) is 0 Å². The molecule has 0 radical (unpaired) electrons. The zero-order chi connectivity index (χ0) is 13.4. The van der Waals surface area contributed by atoms with Crippen molar-refractivity contribution in [2.24, 2.45) is 11.8 Å². The predicted octanol–water partition coefficient (Wildman–Crippen LogP) is 2.71. The van der Waals surface area contributed by atoms with Crippen molar-refractivity contribution in [2.45, 2.75) is 65.3 Å². The van der Waals surface area contributed by atoms with Crippen LogP contribution in [0.25, 0.3) is 0 Å². The monoisotopic (exact) mass is 254 g/mol. The van der Waals surface area contributed by atoms with E-state index in [-0.39, 0.29) is 5.91 Å². The molecule has 0 aliphatic carbocycles. The van der Waals surface area contributed by atoms with Crippen molar-refractivity contribution in [3.63, 3.8) is 0 Å². The molecule has 1 heterocycles. The Morgan fingerprint density at radius 2 is 1.89 bits per heavy atom. The van der Waals surface area contributed by atoms with Crippen molar-refractivity contribution in [3.05, 3.63) is 0 Å². The van der Waals surface area contributed by atoms with E-state index in [1.165, 1.54) is 19.3 Å². The highest BCUT2D eigenvalue weighted by atomic mass is 16.1. The Labute approximate surface area is 112 Å². The van der Waals surface area contributed by atoms with Crippen molar-refractivity contribution in [2.75, 3.05) is 13.1 Å². The zero-order valence-corrected chi connectivity index (χ0v) is 12.3. The maximum Gasteiger partial charge on any atom is 0.220 e. The summed E-state index contributed by atoms with van der Waals surface area (Å²) in [4.78, 5) is 11.8. The minimum Gasteiger partial charge on any atom is -0.354 e. The van der Waals surface area contributed by atoms with Crippen LogP contribution < -0.4 is 10.6 Å². The second kappa shape index (κ2) is 8.52. The number of rotatable bonds is 7. The fourth-order valence-electron chi connectivity index (χ4n) is 2.51. The van der Waals surface area contributed by atoms with Crippen LogP contribution in [0.15, 0.2) is 0 Å².